The molecule has 3 rings (SSSR count). The van der Waals surface area contributed by atoms with Gasteiger partial charge in [0.15, 0.2) is 0 Å². The van der Waals surface area contributed by atoms with E-state index < -0.39 is 17.1 Å². The molecular weight excluding hydrogens is 352 g/mol. The van der Waals surface area contributed by atoms with Crippen molar-refractivity contribution in [1.29, 1.82) is 0 Å². The third kappa shape index (κ3) is 3.30. The third-order valence-electron chi connectivity index (χ3n) is 4.16. The molecule has 1 aromatic carbocycles. The summed E-state index contributed by atoms with van der Waals surface area (Å²) in [6.07, 6.45) is 1.70. The molecule has 1 aliphatic heterocycles. The van der Waals surface area contributed by atoms with Gasteiger partial charge in [0.2, 0.25) is 0 Å². The number of nitrogens with zero attached hydrogens (tertiary/aromatic N) is 2. The third-order valence-corrected chi connectivity index (χ3v) is 5.07. The van der Waals surface area contributed by atoms with Gasteiger partial charge in [-0.3, -0.25) is 19.3 Å². The summed E-state index contributed by atoms with van der Waals surface area (Å²) in [4.78, 5) is 37.1. The maximum absolute atomic E-state index is 12.4. The molecule has 2 amide bonds. The van der Waals surface area contributed by atoms with E-state index in [1.54, 1.807) is 6.08 Å². The number of ether oxygens (including phenoxy) is 1. The smallest absolute Gasteiger partial charge is 0.325 e. The van der Waals surface area contributed by atoms with Crippen LogP contribution < -0.4 is 0 Å². The highest BCUT2D eigenvalue weighted by molar-refractivity contribution is 8.18. The molecule has 0 spiro atoms. The lowest BCUT2D eigenvalue weighted by molar-refractivity contribution is -0.143. The van der Waals surface area contributed by atoms with E-state index in [2.05, 4.69) is 9.30 Å². The van der Waals surface area contributed by atoms with Crippen molar-refractivity contribution in [3.63, 3.8) is 0 Å². The molecule has 0 saturated carbocycles. The minimum Gasteiger partial charge on any atom is -0.468 e. The predicted octanol–water partition coefficient (Wildman–Crippen LogP) is 3.30. The van der Waals surface area contributed by atoms with Gasteiger partial charge in [0.05, 0.1) is 12.0 Å². The Morgan fingerprint density at radius 3 is 2.54 bits per heavy atom. The summed E-state index contributed by atoms with van der Waals surface area (Å²) in [7, 11) is 1.22. The lowest BCUT2D eigenvalue weighted by Crippen LogP contribution is -2.34. The lowest BCUT2D eigenvalue weighted by Gasteiger charge is -2.10. The number of carbonyl (C=O) groups is 3. The Morgan fingerprint density at radius 1 is 1.19 bits per heavy atom. The maximum Gasteiger partial charge on any atom is 0.325 e. The van der Waals surface area contributed by atoms with Crippen LogP contribution in [0.2, 0.25) is 0 Å². The van der Waals surface area contributed by atoms with Crippen molar-refractivity contribution in [1.82, 2.24) is 9.47 Å². The zero-order valence-corrected chi connectivity index (χ0v) is 15.5. The standard InChI is InChI=1S/C19H18N2O4S/c1-12-9-14(13(2)21(12)15-7-5-4-6-8-15)10-16-18(23)20(19(24)26-16)11-17(22)25-3/h4-10H,11H2,1-3H3/b16-10+. The Labute approximate surface area is 155 Å². The summed E-state index contributed by atoms with van der Waals surface area (Å²) < 4.78 is 6.62. The normalized spacial score (nSPS) is 15.8. The van der Waals surface area contributed by atoms with Crippen molar-refractivity contribution >= 4 is 35.0 Å². The molecule has 1 fully saturated rings. The number of aryl methyl sites for hydroxylation is 1. The molecule has 0 N–H and O–H groups in total. The molecule has 1 aromatic heterocycles. The van der Waals surface area contributed by atoms with Gasteiger partial charge < -0.3 is 9.30 Å². The number of imide groups is 1. The number of hydrogen-bond acceptors (Lipinski definition) is 5. The SMILES string of the molecule is COC(=O)CN1C(=O)S/C(=C/c2cc(C)n(-c3ccccc3)c2C)C1=O. The molecule has 0 aliphatic carbocycles. The zero-order valence-electron chi connectivity index (χ0n) is 14.7. The summed E-state index contributed by atoms with van der Waals surface area (Å²) in [5, 5.41) is -0.469. The molecule has 6 nitrogen and oxygen atoms in total. The van der Waals surface area contributed by atoms with E-state index in [0.29, 0.717) is 4.91 Å². The number of esters is 1. The fourth-order valence-corrected chi connectivity index (χ4v) is 3.71. The summed E-state index contributed by atoms with van der Waals surface area (Å²) in [5.41, 5.74) is 3.87. The number of hydrogen-bond donors (Lipinski definition) is 0. The van der Waals surface area contributed by atoms with Crippen LogP contribution in [-0.2, 0) is 14.3 Å². The van der Waals surface area contributed by atoms with Crippen LogP contribution in [0.4, 0.5) is 4.79 Å². The van der Waals surface area contributed by atoms with Crippen LogP contribution >= 0.6 is 11.8 Å². The molecule has 134 valence electrons. The van der Waals surface area contributed by atoms with Crippen molar-refractivity contribution < 1.29 is 19.1 Å². The van der Waals surface area contributed by atoms with Crippen molar-refractivity contribution in [2.45, 2.75) is 13.8 Å². The van der Waals surface area contributed by atoms with Gasteiger partial charge >= 0.3 is 5.97 Å². The number of amides is 2. The van der Waals surface area contributed by atoms with E-state index in [0.717, 1.165) is 39.3 Å². The number of methoxy groups -OCH3 is 1. The van der Waals surface area contributed by atoms with Gasteiger partial charge in [0, 0.05) is 17.1 Å². The lowest BCUT2D eigenvalue weighted by atomic mass is 10.2. The van der Waals surface area contributed by atoms with Gasteiger partial charge in [-0.25, -0.2) is 0 Å². The Hall–Kier alpha value is -2.80. The number of benzene rings is 1. The van der Waals surface area contributed by atoms with Crippen LogP contribution in [-0.4, -0.2) is 40.2 Å². The van der Waals surface area contributed by atoms with Crippen molar-refractivity contribution in [2.24, 2.45) is 0 Å². The van der Waals surface area contributed by atoms with E-state index in [1.807, 2.05) is 50.2 Å². The average molecular weight is 370 g/mol. The van der Waals surface area contributed by atoms with Crippen molar-refractivity contribution in [3.05, 3.63) is 58.3 Å². The molecule has 2 aromatic rings. The van der Waals surface area contributed by atoms with Gasteiger partial charge in [0.25, 0.3) is 11.1 Å². The average Bonchev–Trinajstić information content (AvgIpc) is 3.05. The fourth-order valence-electron chi connectivity index (χ4n) is 2.88. The van der Waals surface area contributed by atoms with Crippen LogP contribution in [0.5, 0.6) is 0 Å². The first-order valence-electron chi connectivity index (χ1n) is 7.99. The Morgan fingerprint density at radius 2 is 1.88 bits per heavy atom. The van der Waals surface area contributed by atoms with E-state index in [1.165, 1.54) is 7.11 Å². The van der Waals surface area contributed by atoms with E-state index in [-0.39, 0.29) is 6.54 Å². The monoisotopic (exact) mass is 370 g/mol. The highest BCUT2D eigenvalue weighted by Crippen LogP contribution is 2.33. The van der Waals surface area contributed by atoms with Gasteiger partial charge in [-0.2, -0.15) is 0 Å². The molecule has 1 saturated heterocycles. The van der Waals surface area contributed by atoms with Crippen LogP contribution in [0.15, 0.2) is 41.3 Å². The second-order valence-corrected chi connectivity index (χ2v) is 6.83. The largest absolute Gasteiger partial charge is 0.468 e. The van der Waals surface area contributed by atoms with E-state index >= 15 is 0 Å². The van der Waals surface area contributed by atoms with Crippen LogP contribution in [0.1, 0.15) is 17.0 Å². The fraction of sp³-hybridized carbons (Fsp3) is 0.211. The molecule has 0 unspecified atom stereocenters. The molecule has 2 heterocycles. The molecule has 0 radical (unpaired) electrons. The quantitative estimate of drug-likeness (QED) is 0.610. The van der Waals surface area contributed by atoms with Gasteiger partial charge in [-0.15, -0.1) is 0 Å². The Balaban J connectivity index is 1.93. The Bertz CT molecular complexity index is 915. The molecule has 7 heteroatoms. The number of para-hydroxylation sites is 1. The first-order chi connectivity index (χ1) is 12.4. The van der Waals surface area contributed by atoms with Gasteiger partial charge in [-0.05, 0) is 55.4 Å². The topological polar surface area (TPSA) is 68.6 Å². The molecular formula is C19H18N2O4S. The van der Waals surface area contributed by atoms with Crippen LogP contribution in [0, 0.1) is 13.8 Å². The van der Waals surface area contributed by atoms with Crippen LogP contribution in [0.25, 0.3) is 11.8 Å². The second kappa shape index (κ2) is 7.21. The Kier molecular flexibility index (Phi) is 4.99. The van der Waals surface area contributed by atoms with E-state index in [9.17, 15) is 14.4 Å². The summed E-state index contributed by atoms with van der Waals surface area (Å²) in [5.74, 6) is -1.11. The predicted molar refractivity (Wildman–Crippen MR) is 99.9 cm³/mol. The van der Waals surface area contributed by atoms with Gasteiger partial charge in [0.1, 0.15) is 6.54 Å². The number of thioether (sulfide) groups is 1. The summed E-state index contributed by atoms with van der Waals surface area (Å²) in [6, 6.07) is 11.9. The second-order valence-electron chi connectivity index (χ2n) is 5.84. The first-order valence-corrected chi connectivity index (χ1v) is 8.80. The summed E-state index contributed by atoms with van der Waals surface area (Å²) in [6.45, 7) is 3.58. The first kappa shape index (κ1) is 18.0. The summed E-state index contributed by atoms with van der Waals surface area (Å²) >= 11 is 0.830. The molecule has 1 aliphatic rings. The van der Waals surface area contributed by atoms with Crippen molar-refractivity contribution in [3.8, 4) is 5.69 Å². The molecule has 0 bridgehead atoms. The number of carbonyl (C=O) groups excluding carboxylic acids is 3. The maximum atomic E-state index is 12.4. The van der Waals surface area contributed by atoms with E-state index in [4.69, 9.17) is 0 Å². The van der Waals surface area contributed by atoms with Crippen LogP contribution in [0.3, 0.4) is 0 Å². The highest BCUT2D eigenvalue weighted by Gasteiger charge is 2.36. The highest BCUT2D eigenvalue weighted by atomic mass is 32.2. The zero-order chi connectivity index (χ0) is 18.8. The minimum atomic E-state index is -0.629. The molecule has 0 atom stereocenters. The van der Waals surface area contributed by atoms with Gasteiger partial charge in [-0.1, -0.05) is 18.2 Å². The van der Waals surface area contributed by atoms with Crippen molar-refractivity contribution in [2.75, 3.05) is 13.7 Å². The molecule has 26 heavy (non-hydrogen) atoms. The number of aromatic nitrogens is 1. The number of rotatable bonds is 4. The minimum absolute atomic E-state index is 0.298.